The van der Waals surface area contributed by atoms with Gasteiger partial charge in [-0.15, -0.1) is 0 Å². The van der Waals surface area contributed by atoms with E-state index >= 15 is 0 Å². The van der Waals surface area contributed by atoms with Gasteiger partial charge in [-0.25, -0.2) is 0 Å². The highest BCUT2D eigenvalue weighted by Crippen LogP contribution is 2.12. The third-order valence-corrected chi connectivity index (χ3v) is 3.42. The van der Waals surface area contributed by atoms with Crippen molar-refractivity contribution in [3.8, 4) is 0 Å². The fourth-order valence-electron chi connectivity index (χ4n) is 2.00. The molecule has 0 spiro atoms. The normalized spacial score (nSPS) is 21.9. The first-order valence-electron chi connectivity index (χ1n) is 6.32. The van der Waals surface area contributed by atoms with Crippen LogP contribution < -0.4 is 5.73 Å². The fourth-order valence-corrected chi connectivity index (χ4v) is 2.00. The van der Waals surface area contributed by atoms with E-state index in [2.05, 4.69) is 11.8 Å². The molecule has 0 aromatic rings. The number of carbonyl (C=O) groups excluding carboxylic acids is 1. The predicted molar refractivity (Wildman–Crippen MR) is 66.2 cm³/mol. The van der Waals surface area contributed by atoms with Crippen molar-refractivity contribution in [2.75, 3.05) is 32.7 Å². The summed E-state index contributed by atoms with van der Waals surface area (Å²) in [5.41, 5.74) is 5.29. The molecule has 4 heteroatoms. The van der Waals surface area contributed by atoms with E-state index in [0.717, 1.165) is 32.7 Å². The number of hydrogen-bond acceptors (Lipinski definition) is 3. The highest BCUT2D eigenvalue weighted by atomic mass is 16.2. The van der Waals surface area contributed by atoms with E-state index in [1.807, 2.05) is 18.7 Å². The van der Waals surface area contributed by atoms with Gasteiger partial charge in [-0.1, -0.05) is 13.8 Å². The quantitative estimate of drug-likeness (QED) is 0.768. The smallest absolute Gasteiger partial charge is 0.242 e. The zero-order chi connectivity index (χ0) is 12.2. The summed E-state index contributed by atoms with van der Waals surface area (Å²) in [4.78, 5) is 16.4. The topological polar surface area (TPSA) is 49.6 Å². The molecule has 0 aromatic carbocycles. The van der Waals surface area contributed by atoms with E-state index in [9.17, 15) is 4.79 Å². The second kappa shape index (κ2) is 5.64. The zero-order valence-corrected chi connectivity index (χ0v) is 10.8. The van der Waals surface area contributed by atoms with Gasteiger partial charge in [-0.05, 0) is 26.3 Å². The molecule has 16 heavy (non-hydrogen) atoms. The molecule has 0 bridgehead atoms. The Hall–Kier alpha value is -0.610. The van der Waals surface area contributed by atoms with Crippen LogP contribution in [0.25, 0.3) is 0 Å². The van der Waals surface area contributed by atoms with Crippen LogP contribution in [0.15, 0.2) is 0 Å². The molecule has 4 nitrogen and oxygen atoms in total. The van der Waals surface area contributed by atoms with Crippen LogP contribution in [0.4, 0.5) is 0 Å². The summed E-state index contributed by atoms with van der Waals surface area (Å²) in [5.74, 6) is 0.103. The van der Waals surface area contributed by atoms with Crippen LogP contribution in [-0.2, 0) is 4.79 Å². The minimum absolute atomic E-state index is 0.103. The number of piperazine rings is 1. The van der Waals surface area contributed by atoms with Gasteiger partial charge in [0.25, 0.3) is 0 Å². The minimum atomic E-state index is -0.688. The summed E-state index contributed by atoms with van der Waals surface area (Å²) in [6.45, 7) is 10.7. The van der Waals surface area contributed by atoms with Gasteiger partial charge in [0.05, 0.1) is 5.54 Å². The number of hydrogen-bond donors (Lipinski definition) is 1. The van der Waals surface area contributed by atoms with E-state index in [4.69, 9.17) is 5.73 Å². The Bertz CT molecular complexity index is 232. The maximum absolute atomic E-state index is 12.1. The zero-order valence-electron chi connectivity index (χ0n) is 10.8. The molecular formula is C12H25N3O. The Balaban J connectivity index is 2.45. The van der Waals surface area contributed by atoms with Gasteiger partial charge < -0.3 is 10.6 Å². The lowest BCUT2D eigenvalue weighted by molar-refractivity contribution is -0.138. The molecule has 0 radical (unpaired) electrons. The van der Waals surface area contributed by atoms with Gasteiger partial charge in [-0.2, -0.15) is 0 Å². The molecule has 1 saturated heterocycles. The van der Waals surface area contributed by atoms with Gasteiger partial charge in [0.1, 0.15) is 0 Å². The average molecular weight is 227 g/mol. The molecular weight excluding hydrogens is 202 g/mol. The molecule has 0 saturated carbocycles. The van der Waals surface area contributed by atoms with Crippen LogP contribution in [0.5, 0.6) is 0 Å². The van der Waals surface area contributed by atoms with Crippen molar-refractivity contribution in [3.05, 3.63) is 0 Å². The average Bonchev–Trinajstić information content (AvgIpc) is 2.29. The Morgan fingerprint density at radius 2 is 1.81 bits per heavy atom. The first-order chi connectivity index (χ1) is 7.51. The maximum Gasteiger partial charge on any atom is 0.242 e. The number of amides is 1. The van der Waals surface area contributed by atoms with Crippen LogP contribution in [0.1, 0.15) is 33.6 Å². The fraction of sp³-hybridized carbons (Fsp3) is 0.917. The highest BCUT2D eigenvalue weighted by Gasteiger charge is 2.32. The number of nitrogens with zero attached hydrogens (tertiary/aromatic N) is 2. The first kappa shape index (κ1) is 13.5. The third kappa shape index (κ3) is 3.19. The summed E-state index contributed by atoms with van der Waals surface area (Å²) in [6.07, 6.45) is 1.87. The molecule has 1 rings (SSSR count). The Labute approximate surface area is 98.8 Å². The largest absolute Gasteiger partial charge is 0.339 e. The number of nitrogens with two attached hydrogens (primary N) is 1. The van der Waals surface area contributed by atoms with Gasteiger partial charge >= 0.3 is 0 Å². The Morgan fingerprint density at radius 1 is 1.25 bits per heavy atom. The van der Waals surface area contributed by atoms with E-state index < -0.39 is 5.54 Å². The second-order valence-corrected chi connectivity index (χ2v) is 4.90. The summed E-state index contributed by atoms with van der Waals surface area (Å²) >= 11 is 0. The number of carbonyl (C=O) groups is 1. The van der Waals surface area contributed by atoms with Gasteiger partial charge in [0.15, 0.2) is 0 Å². The van der Waals surface area contributed by atoms with Crippen molar-refractivity contribution in [2.45, 2.75) is 39.2 Å². The summed E-state index contributed by atoms with van der Waals surface area (Å²) in [6, 6.07) is 0. The molecule has 1 atom stereocenters. The molecule has 1 aliphatic heterocycles. The van der Waals surface area contributed by atoms with Gasteiger partial charge in [0.2, 0.25) is 5.91 Å². The van der Waals surface area contributed by atoms with Crippen molar-refractivity contribution in [1.82, 2.24) is 9.80 Å². The van der Waals surface area contributed by atoms with Crippen molar-refractivity contribution in [1.29, 1.82) is 0 Å². The van der Waals surface area contributed by atoms with Crippen molar-refractivity contribution < 1.29 is 4.79 Å². The summed E-state index contributed by atoms with van der Waals surface area (Å²) in [5, 5.41) is 0. The van der Waals surface area contributed by atoms with Crippen LogP contribution in [0, 0.1) is 0 Å². The third-order valence-electron chi connectivity index (χ3n) is 3.42. The lowest BCUT2D eigenvalue weighted by Gasteiger charge is -2.38. The molecule has 0 aromatic heterocycles. The van der Waals surface area contributed by atoms with Crippen LogP contribution in [0.3, 0.4) is 0 Å². The SMILES string of the molecule is CCCN1CCN(C(=O)C(C)(N)CC)CC1. The lowest BCUT2D eigenvalue weighted by Crippen LogP contribution is -2.58. The van der Waals surface area contributed by atoms with Gasteiger partial charge in [-0.3, -0.25) is 9.69 Å². The Kier molecular flexibility index (Phi) is 4.74. The maximum atomic E-state index is 12.1. The van der Waals surface area contributed by atoms with Crippen molar-refractivity contribution in [3.63, 3.8) is 0 Å². The van der Waals surface area contributed by atoms with Crippen LogP contribution in [0.2, 0.25) is 0 Å². The summed E-state index contributed by atoms with van der Waals surface area (Å²) < 4.78 is 0. The molecule has 1 unspecified atom stereocenters. The molecule has 1 fully saturated rings. The standard InChI is InChI=1S/C12H25N3O/c1-4-6-14-7-9-15(10-8-14)11(16)12(3,13)5-2/h4-10,13H2,1-3H3. The van der Waals surface area contributed by atoms with Crippen LogP contribution >= 0.6 is 0 Å². The van der Waals surface area contributed by atoms with Gasteiger partial charge in [0, 0.05) is 26.2 Å². The first-order valence-corrected chi connectivity index (χ1v) is 6.32. The molecule has 1 aliphatic rings. The van der Waals surface area contributed by atoms with Crippen LogP contribution in [-0.4, -0.2) is 54.0 Å². The predicted octanol–water partition coefficient (Wildman–Crippen LogP) is 0.668. The number of rotatable bonds is 4. The highest BCUT2D eigenvalue weighted by molar-refractivity contribution is 5.85. The van der Waals surface area contributed by atoms with Crippen molar-refractivity contribution >= 4 is 5.91 Å². The van der Waals surface area contributed by atoms with E-state index in [1.54, 1.807) is 0 Å². The molecule has 1 amide bonds. The molecule has 2 N–H and O–H groups in total. The lowest BCUT2D eigenvalue weighted by atomic mass is 9.98. The molecule has 94 valence electrons. The summed E-state index contributed by atoms with van der Waals surface area (Å²) in [7, 11) is 0. The second-order valence-electron chi connectivity index (χ2n) is 4.90. The van der Waals surface area contributed by atoms with Crippen molar-refractivity contribution in [2.24, 2.45) is 5.73 Å². The van der Waals surface area contributed by atoms with E-state index in [0.29, 0.717) is 6.42 Å². The monoisotopic (exact) mass is 227 g/mol. The van der Waals surface area contributed by atoms with E-state index in [-0.39, 0.29) is 5.91 Å². The molecule has 1 heterocycles. The Morgan fingerprint density at radius 3 is 2.25 bits per heavy atom. The molecule has 0 aliphatic carbocycles. The van der Waals surface area contributed by atoms with E-state index in [1.165, 1.54) is 6.42 Å². The minimum Gasteiger partial charge on any atom is -0.339 e.